The van der Waals surface area contributed by atoms with E-state index in [2.05, 4.69) is 6.07 Å². The van der Waals surface area contributed by atoms with E-state index < -0.39 is 15.8 Å². The van der Waals surface area contributed by atoms with E-state index in [1.165, 1.54) is 20.3 Å². The molecule has 0 spiro atoms. The first-order chi connectivity index (χ1) is 19.3. The zero-order valence-corrected chi connectivity index (χ0v) is 23.1. The predicted octanol–water partition coefficient (Wildman–Crippen LogP) is 4.25. The Morgan fingerprint density at radius 3 is 2.30 bits per heavy atom. The van der Waals surface area contributed by atoms with Crippen LogP contribution in [0.3, 0.4) is 0 Å². The summed E-state index contributed by atoms with van der Waals surface area (Å²) in [6.45, 7) is 0. The number of ether oxygens (including phenoxy) is 2. The SMILES string of the molecule is COc1ccc(S(=O)(=O)C2=c3ccc4c(c3CCC2)C(C(=O)c2ccc(N)cc2)C=c2ccccc2=4)cc1OC. The van der Waals surface area contributed by atoms with Gasteiger partial charge in [-0.1, -0.05) is 42.5 Å². The number of anilines is 1. The number of rotatable bonds is 6. The summed E-state index contributed by atoms with van der Waals surface area (Å²) in [5.74, 6) is 0.222. The minimum atomic E-state index is -3.84. The van der Waals surface area contributed by atoms with Gasteiger partial charge in [-0.15, -0.1) is 0 Å². The highest BCUT2D eigenvalue weighted by Crippen LogP contribution is 2.36. The van der Waals surface area contributed by atoms with Gasteiger partial charge < -0.3 is 15.2 Å². The van der Waals surface area contributed by atoms with Gasteiger partial charge >= 0.3 is 0 Å². The number of Topliss-reactive ketones (excluding diaryl/α,β-unsaturated/α-hetero) is 1. The quantitative estimate of drug-likeness (QED) is 0.284. The van der Waals surface area contributed by atoms with Gasteiger partial charge in [-0.25, -0.2) is 8.42 Å². The molecular formula is C33H29NO5S. The van der Waals surface area contributed by atoms with E-state index in [-0.39, 0.29) is 10.7 Å². The van der Waals surface area contributed by atoms with Crippen molar-refractivity contribution in [2.45, 2.75) is 30.1 Å². The number of hydrogen-bond acceptors (Lipinski definition) is 6. The van der Waals surface area contributed by atoms with E-state index in [1.807, 2.05) is 36.4 Å². The Labute approximate surface area is 232 Å². The molecule has 6 rings (SSSR count). The summed E-state index contributed by atoms with van der Waals surface area (Å²) in [5.41, 5.74) is 8.84. The Hall–Kier alpha value is -4.36. The molecule has 4 aromatic rings. The number of nitrogens with two attached hydrogens (primary N) is 1. The maximum Gasteiger partial charge on any atom is 0.203 e. The van der Waals surface area contributed by atoms with Crippen LogP contribution >= 0.6 is 0 Å². The molecule has 2 aliphatic rings. The second-order valence-corrected chi connectivity index (χ2v) is 12.0. The third kappa shape index (κ3) is 4.18. The Morgan fingerprint density at radius 1 is 0.825 bits per heavy atom. The molecule has 202 valence electrons. The normalized spacial score (nSPS) is 15.8. The molecule has 0 bridgehead atoms. The van der Waals surface area contributed by atoms with Crippen molar-refractivity contribution in [1.82, 2.24) is 0 Å². The maximum absolute atomic E-state index is 14.0. The summed E-state index contributed by atoms with van der Waals surface area (Å²) in [7, 11) is -0.848. The van der Waals surface area contributed by atoms with E-state index >= 15 is 0 Å². The smallest absolute Gasteiger partial charge is 0.203 e. The predicted molar refractivity (Wildman–Crippen MR) is 155 cm³/mol. The molecule has 2 N–H and O–H groups in total. The molecule has 0 radical (unpaired) electrons. The topological polar surface area (TPSA) is 95.7 Å². The van der Waals surface area contributed by atoms with Gasteiger partial charge in [0.25, 0.3) is 0 Å². The van der Waals surface area contributed by atoms with Crippen LogP contribution < -0.4 is 25.6 Å². The highest BCUT2D eigenvalue weighted by atomic mass is 32.2. The highest BCUT2D eigenvalue weighted by molar-refractivity contribution is 8.00. The fraction of sp³-hybridized carbons (Fsp3) is 0.182. The van der Waals surface area contributed by atoms with Gasteiger partial charge in [0.05, 0.1) is 29.9 Å². The van der Waals surface area contributed by atoms with Crippen molar-refractivity contribution >= 4 is 32.3 Å². The minimum absolute atomic E-state index is 0.0426. The number of benzene rings is 4. The summed E-state index contributed by atoms with van der Waals surface area (Å²) < 4.78 is 38.7. The van der Waals surface area contributed by atoms with Crippen LogP contribution in [0.15, 0.2) is 83.8 Å². The van der Waals surface area contributed by atoms with E-state index in [1.54, 1.807) is 36.4 Å². The molecule has 0 heterocycles. The summed E-state index contributed by atoms with van der Waals surface area (Å²) >= 11 is 0. The van der Waals surface area contributed by atoms with Gasteiger partial charge in [0.2, 0.25) is 9.84 Å². The zero-order chi connectivity index (χ0) is 28.0. The van der Waals surface area contributed by atoms with Crippen LogP contribution in [0.2, 0.25) is 0 Å². The number of fused-ring (bicyclic) bond motifs is 4. The molecule has 0 amide bonds. The van der Waals surface area contributed by atoms with Crippen molar-refractivity contribution in [2.75, 3.05) is 20.0 Å². The molecule has 1 atom stereocenters. The average Bonchev–Trinajstić information content (AvgIpc) is 2.99. The van der Waals surface area contributed by atoms with Gasteiger partial charge in [-0.3, -0.25) is 4.79 Å². The number of carbonyl (C=O) groups is 1. The average molecular weight is 552 g/mol. The lowest BCUT2D eigenvalue weighted by Gasteiger charge is -2.25. The van der Waals surface area contributed by atoms with Gasteiger partial charge in [0.1, 0.15) is 0 Å². The Morgan fingerprint density at radius 2 is 1.55 bits per heavy atom. The first-order valence-corrected chi connectivity index (χ1v) is 14.6. The lowest BCUT2D eigenvalue weighted by molar-refractivity contribution is 0.0980. The summed E-state index contributed by atoms with van der Waals surface area (Å²) in [6.07, 6.45) is 3.77. The Kier molecular flexibility index (Phi) is 6.47. The van der Waals surface area contributed by atoms with Crippen LogP contribution in [0.1, 0.15) is 40.2 Å². The fourth-order valence-corrected chi connectivity index (χ4v) is 7.62. The molecule has 7 heteroatoms. The third-order valence-corrected chi connectivity index (χ3v) is 9.81. The molecule has 0 saturated heterocycles. The molecule has 4 aromatic carbocycles. The zero-order valence-electron chi connectivity index (χ0n) is 22.3. The van der Waals surface area contributed by atoms with Crippen molar-refractivity contribution in [3.8, 4) is 11.5 Å². The first kappa shape index (κ1) is 25.9. The van der Waals surface area contributed by atoms with Crippen molar-refractivity contribution in [3.63, 3.8) is 0 Å². The summed E-state index contributed by atoms with van der Waals surface area (Å²) in [5, 5.41) is 3.68. The van der Waals surface area contributed by atoms with Gasteiger partial charge in [-0.05, 0) is 87.7 Å². The standard InChI is InChI=1S/C33H29NO5S/c1-38-29-17-14-23(19-30(29)39-2)40(36,37)31-9-5-8-26-25(31)15-16-27-24-7-4-3-6-21(24)18-28(32(26)27)33(35)20-10-12-22(34)13-11-20/h3-4,6-7,10-19,28H,5,8-9,34H2,1-2H3. The number of nitrogen functional groups attached to an aromatic ring is 1. The van der Waals surface area contributed by atoms with Crippen LogP contribution in [0.4, 0.5) is 5.69 Å². The maximum atomic E-state index is 14.0. The third-order valence-electron chi connectivity index (χ3n) is 7.86. The minimum Gasteiger partial charge on any atom is -0.493 e. The van der Waals surface area contributed by atoms with E-state index in [4.69, 9.17) is 15.2 Å². The van der Waals surface area contributed by atoms with Gasteiger partial charge in [0.15, 0.2) is 17.3 Å². The molecule has 0 saturated carbocycles. The summed E-state index contributed by atoms with van der Waals surface area (Å²) in [6, 6.07) is 23.5. The number of methoxy groups -OCH3 is 2. The van der Waals surface area contributed by atoms with Crippen molar-refractivity contribution in [1.29, 1.82) is 0 Å². The molecule has 6 nitrogen and oxygen atoms in total. The Balaban J connectivity index is 1.63. The number of carbonyl (C=O) groups excluding carboxylic acids is 1. The van der Waals surface area contributed by atoms with E-state index in [9.17, 15) is 13.2 Å². The Bertz CT molecular complexity index is 2000. The van der Waals surface area contributed by atoms with Crippen LogP contribution in [-0.2, 0) is 16.3 Å². The molecule has 2 aliphatic carbocycles. The largest absolute Gasteiger partial charge is 0.493 e. The number of ketones is 1. The van der Waals surface area contributed by atoms with Crippen LogP contribution in [0.5, 0.6) is 11.5 Å². The highest BCUT2D eigenvalue weighted by Gasteiger charge is 2.31. The van der Waals surface area contributed by atoms with Crippen molar-refractivity contribution in [3.05, 3.63) is 116 Å². The molecule has 40 heavy (non-hydrogen) atoms. The first-order valence-electron chi connectivity index (χ1n) is 13.2. The van der Waals surface area contributed by atoms with Crippen LogP contribution in [-0.4, -0.2) is 28.4 Å². The van der Waals surface area contributed by atoms with Crippen LogP contribution in [0.25, 0.3) is 11.0 Å². The van der Waals surface area contributed by atoms with E-state index in [0.717, 1.165) is 26.8 Å². The van der Waals surface area contributed by atoms with E-state index in [0.29, 0.717) is 52.1 Å². The van der Waals surface area contributed by atoms with Gasteiger partial charge in [-0.2, -0.15) is 0 Å². The van der Waals surface area contributed by atoms with Crippen LogP contribution in [0, 0.1) is 10.4 Å². The molecule has 1 unspecified atom stereocenters. The molecule has 0 aromatic heterocycles. The lowest BCUT2D eigenvalue weighted by atomic mass is 9.79. The second kappa shape index (κ2) is 9.99. The molecular weight excluding hydrogens is 522 g/mol. The van der Waals surface area contributed by atoms with Crippen molar-refractivity contribution in [2.24, 2.45) is 0 Å². The molecule has 0 fully saturated rings. The fourth-order valence-electron chi connectivity index (χ4n) is 5.94. The second-order valence-electron chi connectivity index (χ2n) is 10.1. The lowest BCUT2D eigenvalue weighted by Crippen LogP contribution is -2.29. The molecule has 0 aliphatic heterocycles. The monoisotopic (exact) mass is 551 g/mol. The summed E-state index contributed by atoms with van der Waals surface area (Å²) in [4.78, 5) is 14.5. The van der Waals surface area contributed by atoms with Gasteiger partial charge in [0, 0.05) is 17.3 Å². The number of sulfone groups is 1. The van der Waals surface area contributed by atoms with Crippen molar-refractivity contribution < 1.29 is 22.7 Å². The number of hydrogen-bond donors (Lipinski definition) is 1.